The van der Waals surface area contributed by atoms with Crippen molar-refractivity contribution in [2.24, 2.45) is 5.73 Å². The van der Waals surface area contributed by atoms with Crippen LogP contribution in [0.4, 0.5) is 5.95 Å². The molecule has 1 aliphatic heterocycles. The fraction of sp³-hybridized carbons (Fsp3) is 0.353. The van der Waals surface area contributed by atoms with Gasteiger partial charge in [-0.1, -0.05) is 12.1 Å². The molecule has 1 fully saturated rings. The molecule has 0 aliphatic carbocycles. The summed E-state index contributed by atoms with van der Waals surface area (Å²) in [4.78, 5) is 23.9. The van der Waals surface area contributed by atoms with Crippen molar-refractivity contribution in [1.82, 2.24) is 30.0 Å². The van der Waals surface area contributed by atoms with Crippen molar-refractivity contribution in [1.29, 1.82) is 0 Å². The lowest BCUT2D eigenvalue weighted by atomic mass is 10.0. The zero-order valence-electron chi connectivity index (χ0n) is 14.3. The van der Waals surface area contributed by atoms with Crippen LogP contribution in [-0.4, -0.2) is 61.6 Å². The summed E-state index contributed by atoms with van der Waals surface area (Å²) in [5.41, 5.74) is 7.04. The van der Waals surface area contributed by atoms with Gasteiger partial charge in [-0.05, 0) is 36.3 Å². The molecule has 26 heavy (non-hydrogen) atoms. The Hall–Kier alpha value is -3.07. The number of carbonyl (C=O) groups is 1. The van der Waals surface area contributed by atoms with Gasteiger partial charge in [0.15, 0.2) is 0 Å². The van der Waals surface area contributed by atoms with E-state index in [9.17, 15) is 4.79 Å². The highest BCUT2D eigenvalue weighted by atomic mass is 16.1. The average Bonchev–Trinajstić information content (AvgIpc) is 3.08. The van der Waals surface area contributed by atoms with Crippen LogP contribution in [0.2, 0.25) is 0 Å². The lowest BCUT2D eigenvalue weighted by Gasteiger charge is -2.37. The van der Waals surface area contributed by atoms with Crippen molar-refractivity contribution < 1.29 is 4.79 Å². The minimum absolute atomic E-state index is 0.145. The van der Waals surface area contributed by atoms with Crippen LogP contribution in [0.1, 0.15) is 12.8 Å². The first-order valence-electron chi connectivity index (χ1n) is 8.60. The molecule has 9 nitrogen and oxygen atoms in total. The first-order valence-corrected chi connectivity index (χ1v) is 8.60. The van der Waals surface area contributed by atoms with E-state index < -0.39 is 0 Å². The number of piperidine rings is 1. The van der Waals surface area contributed by atoms with E-state index >= 15 is 0 Å². The van der Waals surface area contributed by atoms with Gasteiger partial charge in [-0.15, -0.1) is 9.89 Å². The molecule has 1 aliphatic rings. The van der Waals surface area contributed by atoms with E-state index in [1.54, 1.807) is 23.3 Å². The van der Waals surface area contributed by atoms with Gasteiger partial charge in [-0.3, -0.25) is 9.69 Å². The number of nitrogens with zero attached hydrogens (tertiary/aromatic N) is 7. The third kappa shape index (κ3) is 3.21. The van der Waals surface area contributed by atoms with Crippen LogP contribution >= 0.6 is 0 Å². The summed E-state index contributed by atoms with van der Waals surface area (Å²) in [6.45, 7) is 1.86. The molecule has 2 N–H and O–H groups in total. The third-order valence-electron chi connectivity index (χ3n) is 4.58. The van der Waals surface area contributed by atoms with Gasteiger partial charge in [0.25, 0.3) is 0 Å². The molecule has 9 heteroatoms. The van der Waals surface area contributed by atoms with Crippen molar-refractivity contribution in [3.05, 3.63) is 42.7 Å². The number of likely N-dealkylation sites (tertiary alicyclic amines) is 1. The van der Waals surface area contributed by atoms with Crippen LogP contribution in [0.15, 0.2) is 42.7 Å². The highest BCUT2D eigenvalue weighted by Crippen LogP contribution is 2.23. The Kier molecular flexibility index (Phi) is 4.44. The molecule has 1 aromatic carbocycles. The Balaban J connectivity index is 1.66. The maximum absolute atomic E-state index is 11.2. The summed E-state index contributed by atoms with van der Waals surface area (Å²) in [5.74, 6) is 0.283. The normalized spacial score (nSPS) is 16.0. The number of carbonyl (C=O) groups excluding carboxylic acids is 1. The fourth-order valence-corrected chi connectivity index (χ4v) is 3.37. The summed E-state index contributed by atoms with van der Waals surface area (Å²) in [6, 6.07) is 9.74. The second kappa shape index (κ2) is 7.04. The predicted octanol–water partition coefficient (Wildman–Crippen LogP) is 0.441. The topological polar surface area (TPSA) is 106 Å². The summed E-state index contributed by atoms with van der Waals surface area (Å²) < 4.78 is 0. The molecule has 2 aromatic heterocycles. The molecule has 4 rings (SSSR count). The summed E-state index contributed by atoms with van der Waals surface area (Å²) in [7, 11) is 0. The van der Waals surface area contributed by atoms with Crippen molar-refractivity contribution in [3.8, 4) is 0 Å². The predicted molar refractivity (Wildman–Crippen MR) is 96.1 cm³/mol. The number of rotatable bonds is 5. The van der Waals surface area contributed by atoms with Gasteiger partial charge in [0.05, 0.1) is 12.6 Å². The summed E-state index contributed by atoms with van der Waals surface area (Å²) >= 11 is 0. The van der Waals surface area contributed by atoms with Gasteiger partial charge in [0.1, 0.15) is 11.0 Å². The molecule has 1 saturated heterocycles. The van der Waals surface area contributed by atoms with Gasteiger partial charge in [0, 0.05) is 25.5 Å². The number of benzene rings is 1. The van der Waals surface area contributed by atoms with Crippen LogP contribution < -0.4 is 10.7 Å². The van der Waals surface area contributed by atoms with Crippen LogP contribution in [0.3, 0.4) is 0 Å². The van der Waals surface area contributed by atoms with Gasteiger partial charge >= 0.3 is 0 Å². The molecular weight excluding hydrogens is 332 g/mol. The minimum atomic E-state index is -0.297. The Bertz CT molecular complexity index is 888. The Morgan fingerprint density at radius 2 is 1.88 bits per heavy atom. The van der Waals surface area contributed by atoms with Gasteiger partial charge in [-0.2, -0.15) is 0 Å². The molecule has 0 saturated carbocycles. The highest BCUT2D eigenvalue weighted by Gasteiger charge is 2.29. The van der Waals surface area contributed by atoms with E-state index in [2.05, 4.69) is 25.2 Å². The Morgan fingerprint density at radius 1 is 1.15 bits per heavy atom. The number of para-hydroxylation sites is 1. The quantitative estimate of drug-likeness (QED) is 0.710. The lowest BCUT2D eigenvalue weighted by molar-refractivity contribution is -0.119. The van der Waals surface area contributed by atoms with E-state index in [-0.39, 0.29) is 11.9 Å². The number of aromatic nitrogens is 5. The van der Waals surface area contributed by atoms with Crippen molar-refractivity contribution in [2.45, 2.75) is 18.9 Å². The zero-order chi connectivity index (χ0) is 17.9. The van der Waals surface area contributed by atoms with Crippen molar-refractivity contribution in [2.75, 3.05) is 24.6 Å². The Labute approximate surface area is 150 Å². The number of hydrogen-bond donors (Lipinski definition) is 1. The number of fused-ring (bicyclic) bond motifs is 1. The molecule has 134 valence electrons. The first kappa shape index (κ1) is 16.4. The van der Waals surface area contributed by atoms with Crippen LogP contribution in [-0.2, 0) is 4.79 Å². The molecular formula is C17H20N8O. The van der Waals surface area contributed by atoms with Crippen LogP contribution in [0.25, 0.3) is 11.0 Å². The summed E-state index contributed by atoms with van der Waals surface area (Å²) in [6.07, 6.45) is 5.13. The zero-order valence-corrected chi connectivity index (χ0v) is 14.3. The van der Waals surface area contributed by atoms with Gasteiger partial charge in [-0.25, -0.2) is 15.0 Å². The standard InChI is InChI=1S/C17H20N8O/c18-16(26)12-23-10-6-13(7-11-23)24(17-19-8-3-9-20-17)25-15-5-2-1-4-14(15)21-22-25/h1-5,8-9,13H,6-7,10-12H2,(H2,18,26). The SMILES string of the molecule is NC(=O)CN1CCC(N(c2ncccn2)n2nnc3ccccc32)CC1. The first-order chi connectivity index (χ1) is 12.7. The maximum atomic E-state index is 11.2. The second-order valence-corrected chi connectivity index (χ2v) is 6.33. The molecule has 3 heterocycles. The average molecular weight is 352 g/mol. The van der Waals surface area contributed by atoms with Gasteiger partial charge < -0.3 is 5.73 Å². The van der Waals surface area contributed by atoms with E-state index in [1.807, 2.05) is 29.3 Å². The summed E-state index contributed by atoms with van der Waals surface area (Å²) in [5, 5.41) is 10.6. The number of nitrogens with two attached hydrogens (primary N) is 1. The van der Waals surface area contributed by atoms with E-state index in [4.69, 9.17) is 5.73 Å². The largest absolute Gasteiger partial charge is 0.369 e. The molecule has 0 bridgehead atoms. The van der Waals surface area contributed by atoms with Crippen LogP contribution in [0, 0.1) is 0 Å². The fourth-order valence-electron chi connectivity index (χ4n) is 3.37. The van der Waals surface area contributed by atoms with Gasteiger partial charge in [0.2, 0.25) is 11.9 Å². The maximum Gasteiger partial charge on any atom is 0.246 e. The number of primary amides is 1. The molecule has 0 radical (unpaired) electrons. The Morgan fingerprint density at radius 3 is 2.62 bits per heavy atom. The molecule has 1 amide bonds. The number of anilines is 1. The number of amides is 1. The van der Waals surface area contributed by atoms with E-state index in [1.165, 1.54) is 0 Å². The molecule has 3 aromatic rings. The smallest absolute Gasteiger partial charge is 0.246 e. The van der Waals surface area contributed by atoms with Crippen molar-refractivity contribution >= 4 is 22.9 Å². The second-order valence-electron chi connectivity index (χ2n) is 6.33. The highest BCUT2D eigenvalue weighted by molar-refractivity contribution is 5.76. The minimum Gasteiger partial charge on any atom is -0.369 e. The molecule has 0 atom stereocenters. The van der Waals surface area contributed by atoms with E-state index in [0.717, 1.165) is 37.0 Å². The van der Waals surface area contributed by atoms with E-state index in [0.29, 0.717) is 12.5 Å². The number of hydrogen-bond acceptors (Lipinski definition) is 7. The monoisotopic (exact) mass is 352 g/mol. The molecule has 0 spiro atoms. The van der Waals surface area contributed by atoms with Crippen LogP contribution in [0.5, 0.6) is 0 Å². The third-order valence-corrected chi connectivity index (χ3v) is 4.58. The lowest BCUT2D eigenvalue weighted by Crippen LogP contribution is -2.49. The molecule has 0 unspecified atom stereocenters. The van der Waals surface area contributed by atoms with Crippen molar-refractivity contribution in [3.63, 3.8) is 0 Å².